The first-order chi connectivity index (χ1) is 9.35. The molecule has 0 amide bonds. The van der Waals surface area contributed by atoms with E-state index in [0.29, 0.717) is 0 Å². The minimum Gasteiger partial charge on any atom is -0.480 e. The molecule has 0 aliphatic rings. The Kier molecular flexibility index (Phi) is 5.91. The summed E-state index contributed by atoms with van der Waals surface area (Å²) in [6.07, 6.45) is 1.43. The molecule has 6 heteroatoms. The van der Waals surface area contributed by atoms with Gasteiger partial charge in [-0.1, -0.05) is 43.3 Å². The molecule has 1 aromatic carbocycles. The molecule has 0 saturated carbocycles. The summed E-state index contributed by atoms with van der Waals surface area (Å²) in [4.78, 5) is 10.9. The van der Waals surface area contributed by atoms with Crippen molar-refractivity contribution in [1.29, 1.82) is 0 Å². The van der Waals surface area contributed by atoms with Gasteiger partial charge >= 0.3 is 5.97 Å². The van der Waals surface area contributed by atoms with E-state index in [0.717, 1.165) is 5.56 Å². The number of sulfonamides is 1. The number of hydrogen-bond acceptors (Lipinski definition) is 3. The summed E-state index contributed by atoms with van der Waals surface area (Å²) >= 11 is 0. The highest BCUT2D eigenvalue weighted by Crippen LogP contribution is 2.16. The Bertz CT molecular complexity index is 554. The Hall–Kier alpha value is -1.66. The molecule has 0 bridgehead atoms. The van der Waals surface area contributed by atoms with E-state index in [1.165, 1.54) is 6.08 Å². The Labute approximate surface area is 119 Å². The van der Waals surface area contributed by atoms with E-state index in [9.17, 15) is 13.2 Å². The normalized spacial score (nSPS) is 14.4. The fourth-order valence-corrected chi connectivity index (χ4v) is 3.42. The lowest BCUT2D eigenvalue weighted by Crippen LogP contribution is -2.42. The zero-order valence-corrected chi connectivity index (χ0v) is 12.1. The maximum absolute atomic E-state index is 12.0. The average Bonchev–Trinajstić information content (AvgIpc) is 2.38. The van der Waals surface area contributed by atoms with Crippen LogP contribution in [0, 0.1) is 0 Å². The van der Waals surface area contributed by atoms with E-state index in [-0.39, 0.29) is 18.1 Å². The van der Waals surface area contributed by atoms with Gasteiger partial charge in [0, 0.05) is 0 Å². The summed E-state index contributed by atoms with van der Waals surface area (Å²) < 4.78 is 26.2. The second-order valence-corrected chi connectivity index (χ2v) is 6.42. The second-order valence-electron chi connectivity index (χ2n) is 4.63. The molecular formula is C14H19NO4S. The fraction of sp³-hybridized carbons (Fsp3) is 0.357. The monoisotopic (exact) mass is 297 g/mol. The smallest absolute Gasteiger partial charge is 0.322 e. The number of hydrogen-bond donors (Lipinski definition) is 2. The van der Waals surface area contributed by atoms with Crippen molar-refractivity contribution in [2.75, 3.05) is 5.75 Å². The van der Waals surface area contributed by atoms with Crippen LogP contribution in [-0.2, 0) is 14.8 Å². The Balaban J connectivity index is 2.74. The molecule has 0 fully saturated rings. The van der Waals surface area contributed by atoms with Crippen LogP contribution in [-0.4, -0.2) is 31.3 Å². The third-order valence-electron chi connectivity index (χ3n) is 2.86. The van der Waals surface area contributed by atoms with Crippen LogP contribution >= 0.6 is 0 Å². The quantitative estimate of drug-likeness (QED) is 0.716. The number of carbonyl (C=O) groups is 1. The van der Waals surface area contributed by atoms with Gasteiger partial charge in [0.2, 0.25) is 10.0 Å². The minimum atomic E-state index is -3.67. The van der Waals surface area contributed by atoms with Gasteiger partial charge in [0.1, 0.15) is 6.04 Å². The summed E-state index contributed by atoms with van der Waals surface area (Å²) in [6, 6.07) is 8.05. The van der Waals surface area contributed by atoms with Crippen LogP contribution in [0.3, 0.4) is 0 Å². The maximum Gasteiger partial charge on any atom is 0.322 e. The number of carboxylic acids is 1. The molecule has 0 radical (unpaired) electrons. The molecule has 20 heavy (non-hydrogen) atoms. The SMILES string of the molecule is C=CCC(NS(=O)(=O)CC(C)c1ccccc1)C(=O)O. The zero-order valence-electron chi connectivity index (χ0n) is 11.3. The largest absolute Gasteiger partial charge is 0.480 e. The fourth-order valence-electron chi connectivity index (χ4n) is 1.84. The molecule has 0 spiro atoms. The molecule has 2 N–H and O–H groups in total. The molecule has 1 aromatic rings. The van der Waals surface area contributed by atoms with Crippen LogP contribution in [0.4, 0.5) is 0 Å². The molecule has 2 unspecified atom stereocenters. The summed E-state index contributed by atoms with van der Waals surface area (Å²) in [6.45, 7) is 5.21. The van der Waals surface area contributed by atoms with Gasteiger partial charge in [-0.15, -0.1) is 6.58 Å². The van der Waals surface area contributed by atoms with Crippen molar-refractivity contribution < 1.29 is 18.3 Å². The van der Waals surface area contributed by atoms with E-state index in [1.807, 2.05) is 30.3 Å². The van der Waals surface area contributed by atoms with Crippen LogP contribution in [0.5, 0.6) is 0 Å². The Morgan fingerprint density at radius 1 is 1.40 bits per heavy atom. The number of benzene rings is 1. The highest BCUT2D eigenvalue weighted by Gasteiger charge is 2.24. The van der Waals surface area contributed by atoms with Crippen molar-refractivity contribution in [1.82, 2.24) is 4.72 Å². The van der Waals surface area contributed by atoms with Crippen molar-refractivity contribution in [3.8, 4) is 0 Å². The lowest BCUT2D eigenvalue weighted by Gasteiger charge is -2.16. The van der Waals surface area contributed by atoms with Gasteiger partial charge in [-0.25, -0.2) is 13.1 Å². The second kappa shape index (κ2) is 7.21. The van der Waals surface area contributed by atoms with Gasteiger partial charge in [0.25, 0.3) is 0 Å². The average molecular weight is 297 g/mol. The summed E-state index contributed by atoms with van der Waals surface area (Å²) in [5, 5.41) is 8.94. The van der Waals surface area contributed by atoms with E-state index in [1.54, 1.807) is 6.92 Å². The number of rotatable bonds is 8. The van der Waals surface area contributed by atoms with E-state index < -0.39 is 22.0 Å². The Morgan fingerprint density at radius 3 is 2.50 bits per heavy atom. The van der Waals surface area contributed by atoms with Gasteiger partial charge in [-0.2, -0.15) is 0 Å². The van der Waals surface area contributed by atoms with Crippen molar-refractivity contribution in [2.45, 2.75) is 25.3 Å². The summed E-state index contributed by atoms with van der Waals surface area (Å²) in [7, 11) is -3.67. The highest BCUT2D eigenvalue weighted by molar-refractivity contribution is 7.89. The molecule has 110 valence electrons. The number of carboxylic acid groups (broad SMARTS) is 1. The highest BCUT2D eigenvalue weighted by atomic mass is 32.2. The first kappa shape index (κ1) is 16.4. The molecule has 0 aromatic heterocycles. The predicted octanol–water partition coefficient (Wildman–Crippen LogP) is 1.74. The van der Waals surface area contributed by atoms with Gasteiger partial charge in [-0.3, -0.25) is 4.79 Å². The molecule has 1 rings (SSSR count). The van der Waals surface area contributed by atoms with Crippen molar-refractivity contribution in [3.05, 3.63) is 48.6 Å². The molecule has 0 aliphatic heterocycles. The summed E-state index contributed by atoms with van der Waals surface area (Å²) in [5.41, 5.74) is 0.897. The molecule has 0 heterocycles. The van der Waals surface area contributed by atoms with Crippen LogP contribution in [0.2, 0.25) is 0 Å². The van der Waals surface area contributed by atoms with Crippen molar-refractivity contribution >= 4 is 16.0 Å². The molecule has 5 nitrogen and oxygen atoms in total. The standard InChI is InChI=1S/C14H19NO4S/c1-3-7-13(14(16)17)15-20(18,19)10-11(2)12-8-5-4-6-9-12/h3-6,8-9,11,13,15H,1,7,10H2,2H3,(H,16,17). The van der Waals surface area contributed by atoms with Gasteiger partial charge < -0.3 is 5.11 Å². The summed E-state index contributed by atoms with van der Waals surface area (Å²) in [5.74, 6) is -1.58. The Morgan fingerprint density at radius 2 is 2.00 bits per heavy atom. The van der Waals surface area contributed by atoms with E-state index in [2.05, 4.69) is 11.3 Å². The van der Waals surface area contributed by atoms with Crippen molar-refractivity contribution in [3.63, 3.8) is 0 Å². The third kappa shape index (κ3) is 5.14. The molecule has 2 atom stereocenters. The lowest BCUT2D eigenvalue weighted by molar-refractivity contribution is -0.138. The maximum atomic E-state index is 12.0. The van der Waals surface area contributed by atoms with Gasteiger partial charge in [0.15, 0.2) is 0 Å². The van der Waals surface area contributed by atoms with E-state index >= 15 is 0 Å². The van der Waals surface area contributed by atoms with Crippen LogP contribution in [0.1, 0.15) is 24.8 Å². The zero-order chi connectivity index (χ0) is 15.2. The molecule has 0 aliphatic carbocycles. The number of aliphatic carboxylic acids is 1. The minimum absolute atomic E-state index is 0.0499. The topological polar surface area (TPSA) is 83.5 Å². The van der Waals surface area contributed by atoms with Crippen molar-refractivity contribution in [2.24, 2.45) is 0 Å². The van der Waals surface area contributed by atoms with Gasteiger partial charge in [0.05, 0.1) is 5.75 Å². The predicted molar refractivity (Wildman–Crippen MR) is 78.0 cm³/mol. The molecule has 0 saturated heterocycles. The van der Waals surface area contributed by atoms with Crippen LogP contribution < -0.4 is 4.72 Å². The first-order valence-corrected chi connectivity index (χ1v) is 7.89. The van der Waals surface area contributed by atoms with Gasteiger partial charge in [-0.05, 0) is 17.9 Å². The van der Waals surface area contributed by atoms with Crippen LogP contribution in [0.15, 0.2) is 43.0 Å². The molecular weight excluding hydrogens is 278 g/mol. The third-order valence-corrected chi connectivity index (χ3v) is 4.44. The van der Waals surface area contributed by atoms with E-state index in [4.69, 9.17) is 5.11 Å². The first-order valence-electron chi connectivity index (χ1n) is 6.24. The van der Waals surface area contributed by atoms with Crippen LogP contribution in [0.25, 0.3) is 0 Å². The lowest BCUT2D eigenvalue weighted by atomic mass is 10.0. The number of nitrogens with one attached hydrogen (secondary N) is 1.